The Kier molecular flexibility index (Phi) is 4.58. The van der Waals surface area contributed by atoms with Crippen molar-refractivity contribution in [2.45, 2.75) is 31.2 Å². The normalized spacial score (nSPS) is 21.6. The molecule has 1 aliphatic heterocycles. The van der Waals surface area contributed by atoms with Crippen molar-refractivity contribution in [2.75, 3.05) is 24.7 Å². The van der Waals surface area contributed by atoms with E-state index in [0.717, 1.165) is 0 Å². The Labute approximate surface area is 137 Å². The lowest BCUT2D eigenvalue weighted by atomic mass is 10.2. The maximum absolute atomic E-state index is 12.3. The Morgan fingerprint density at radius 3 is 2.78 bits per heavy atom. The van der Waals surface area contributed by atoms with Gasteiger partial charge in [0.15, 0.2) is 5.76 Å². The van der Waals surface area contributed by atoms with Gasteiger partial charge in [0.25, 0.3) is 0 Å². The number of morpholine rings is 1. The maximum Gasteiger partial charge on any atom is 0.233 e. The number of carbonyl (C=O) groups is 1. The third-order valence-corrected chi connectivity index (χ3v) is 4.43. The summed E-state index contributed by atoms with van der Waals surface area (Å²) in [7, 11) is 0. The molecule has 1 aliphatic rings. The second-order valence-electron chi connectivity index (χ2n) is 5.50. The second kappa shape index (κ2) is 6.63. The number of amides is 1. The summed E-state index contributed by atoms with van der Waals surface area (Å²) >= 11 is 1.26. The molecule has 1 amide bonds. The van der Waals surface area contributed by atoms with Crippen LogP contribution in [0.5, 0.6) is 0 Å². The van der Waals surface area contributed by atoms with Crippen LogP contribution in [0.3, 0.4) is 0 Å². The average molecular weight is 337 g/mol. The SMILES string of the molecule is C[C@@H]1CN(C(=O)CSc2nnc(-c3ccco3)n2N)C[C@H](C)O1. The average Bonchev–Trinajstić information content (AvgIpc) is 3.13. The van der Waals surface area contributed by atoms with Gasteiger partial charge in [-0.1, -0.05) is 11.8 Å². The second-order valence-corrected chi connectivity index (χ2v) is 6.44. The van der Waals surface area contributed by atoms with Crippen LogP contribution >= 0.6 is 11.8 Å². The van der Waals surface area contributed by atoms with Gasteiger partial charge in [-0.3, -0.25) is 4.79 Å². The van der Waals surface area contributed by atoms with E-state index in [4.69, 9.17) is 15.0 Å². The van der Waals surface area contributed by atoms with Gasteiger partial charge >= 0.3 is 0 Å². The van der Waals surface area contributed by atoms with Crippen molar-refractivity contribution in [3.8, 4) is 11.6 Å². The molecule has 1 fully saturated rings. The number of nitrogen functional groups attached to an aromatic ring is 1. The lowest BCUT2D eigenvalue weighted by Crippen LogP contribution is -2.48. The van der Waals surface area contributed by atoms with Crippen LogP contribution in [0.1, 0.15) is 13.8 Å². The number of furan rings is 1. The number of ether oxygens (including phenoxy) is 1. The van der Waals surface area contributed by atoms with E-state index in [1.165, 1.54) is 16.4 Å². The van der Waals surface area contributed by atoms with E-state index in [2.05, 4.69) is 10.2 Å². The van der Waals surface area contributed by atoms with Crippen LogP contribution in [0, 0.1) is 0 Å². The number of carbonyl (C=O) groups excluding carboxylic acids is 1. The number of aromatic nitrogens is 3. The third kappa shape index (κ3) is 3.50. The van der Waals surface area contributed by atoms with Gasteiger partial charge in [0, 0.05) is 13.1 Å². The van der Waals surface area contributed by atoms with E-state index in [1.54, 1.807) is 18.4 Å². The van der Waals surface area contributed by atoms with Gasteiger partial charge in [-0.05, 0) is 26.0 Å². The molecule has 2 aromatic rings. The lowest BCUT2D eigenvalue weighted by molar-refractivity contribution is -0.140. The number of rotatable bonds is 4. The predicted octanol–water partition coefficient (Wildman–Crippen LogP) is 0.980. The Hall–Kier alpha value is -2.00. The van der Waals surface area contributed by atoms with Crippen LogP contribution in [0.4, 0.5) is 0 Å². The van der Waals surface area contributed by atoms with Crippen molar-refractivity contribution in [3.63, 3.8) is 0 Å². The van der Waals surface area contributed by atoms with Gasteiger partial charge in [-0.25, -0.2) is 4.68 Å². The maximum atomic E-state index is 12.3. The number of nitrogens with two attached hydrogens (primary N) is 1. The Morgan fingerprint density at radius 1 is 1.39 bits per heavy atom. The summed E-state index contributed by atoms with van der Waals surface area (Å²) in [4.78, 5) is 14.2. The monoisotopic (exact) mass is 337 g/mol. The first-order valence-electron chi connectivity index (χ1n) is 7.35. The highest BCUT2D eigenvalue weighted by Gasteiger charge is 2.26. The van der Waals surface area contributed by atoms with E-state index in [-0.39, 0.29) is 23.9 Å². The van der Waals surface area contributed by atoms with Crippen LogP contribution in [0.2, 0.25) is 0 Å². The topological polar surface area (TPSA) is 99.4 Å². The first-order valence-corrected chi connectivity index (χ1v) is 8.33. The number of hydrogen-bond acceptors (Lipinski definition) is 7. The Balaban J connectivity index is 1.61. The quantitative estimate of drug-likeness (QED) is 0.656. The minimum atomic E-state index is 0.0412. The molecule has 3 heterocycles. The fourth-order valence-corrected chi connectivity index (χ4v) is 3.31. The highest BCUT2D eigenvalue weighted by molar-refractivity contribution is 7.99. The standard InChI is InChI=1S/C14H19N5O3S/c1-9-6-18(7-10(2)22-9)12(20)8-23-14-17-16-13(19(14)15)11-4-3-5-21-11/h3-5,9-10H,6-8,15H2,1-2H3/t9-,10+. The molecule has 2 N–H and O–H groups in total. The van der Waals surface area contributed by atoms with Crippen molar-refractivity contribution < 1.29 is 13.9 Å². The van der Waals surface area contributed by atoms with Crippen LogP contribution < -0.4 is 5.84 Å². The van der Waals surface area contributed by atoms with E-state index in [1.807, 2.05) is 18.7 Å². The molecule has 2 atom stereocenters. The van der Waals surface area contributed by atoms with Crippen molar-refractivity contribution in [2.24, 2.45) is 0 Å². The summed E-state index contributed by atoms with van der Waals surface area (Å²) in [6.45, 7) is 5.15. The number of hydrogen-bond donors (Lipinski definition) is 1. The van der Waals surface area contributed by atoms with Crippen LogP contribution in [-0.2, 0) is 9.53 Å². The fourth-order valence-electron chi connectivity index (χ4n) is 2.55. The summed E-state index contributed by atoms with van der Waals surface area (Å²) < 4.78 is 12.2. The van der Waals surface area contributed by atoms with Gasteiger partial charge in [0.2, 0.25) is 16.9 Å². The summed E-state index contributed by atoms with van der Waals surface area (Å²) in [6, 6.07) is 3.50. The van der Waals surface area contributed by atoms with Crippen molar-refractivity contribution in [3.05, 3.63) is 18.4 Å². The third-order valence-electron chi connectivity index (χ3n) is 3.50. The van der Waals surface area contributed by atoms with Gasteiger partial charge < -0.3 is 19.9 Å². The van der Waals surface area contributed by atoms with E-state index >= 15 is 0 Å². The van der Waals surface area contributed by atoms with E-state index in [9.17, 15) is 4.79 Å². The van der Waals surface area contributed by atoms with Crippen LogP contribution in [0.15, 0.2) is 28.0 Å². The summed E-state index contributed by atoms with van der Waals surface area (Å²) in [5.41, 5.74) is 0. The predicted molar refractivity (Wildman–Crippen MR) is 85.2 cm³/mol. The number of nitrogens with zero attached hydrogens (tertiary/aromatic N) is 4. The molecular weight excluding hydrogens is 318 g/mol. The van der Waals surface area contributed by atoms with Crippen LogP contribution in [-0.4, -0.2) is 56.7 Å². The molecule has 23 heavy (non-hydrogen) atoms. The molecule has 9 heteroatoms. The van der Waals surface area contributed by atoms with Gasteiger partial charge in [0.05, 0.1) is 24.2 Å². The molecule has 0 radical (unpaired) electrons. The fraction of sp³-hybridized carbons (Fsp3) is 0.500. The molecule has 124 valence electrons. The highest BCUT2D eigenvalue weighted by atomic mass is 32.2. The molecule has 0 bridgehead atoms. The smallest absolute Gasteiger partial charge is 0.233 e. The molecule has 0 aliphatic carbocycles. The zero-order chi connectivity index (χ0) is 16.4. The van der Waals surface area contributed by atoms with Crippen molar-refractivity contribution in [1.82, 2.24) is 19.8 Å². The minimum Gasteiger partial charge on any atom is -0.461 e. The zero-order valence-corrected chi connectivity index (χ0v) is 13.8. The van der Waals surface area contributed by atoms with E-state index in [0.29, 0.717) is 29.8 Å². The van der Waals surface area contributed by atoms with Gasteiger partial charge in [0.1, 0.15) is 0 Å². The van der Waals surface area contributed by atoms with E-state index < -0.39 is 0 Å². The highest BCUT2D eigenvalue weighted by Crippen LogP contribution is 2.22. The van der Waals surface area contributed by atoms with Gasteiger partial charge in [-0.15, -0.1) is 10.2 Å². The molecule has 2 aromatic heterocycles. The Bertz CT molecular complexity index is 662. The summed E-state index contributed by atoms with van der Waals surface area (Å²) in [6.07, 6.45) is 1.65. The number of thioether (sulfide) groups is 1. The molecule has 8 nitrogen and oxygen atoms in total. The molecule has 0 saturated carbocycles. The molecular formula is C14H19N5O3S. The molecule has 0 unspecified atom stereocenters. The molecule has 3 rings (SSSR count). The molecule has 1 saturated heterocycles. The molecule has 0 spiro atoms. The van der Waals surface area contributed by atoms with Crippen molar-refractivity contribution >= 4 is 17.7 Å². The first-order chi connectivity index (χ1) is 11.0. The first kappa shape index (κ1) is 15.9. The summed E-state index contributed by atoms with van der Waals surface area (Å²) in [5.74, 6) is 7.23. The largest absolute Gasteiger partial charge is 0.461 e. The van der Waals surface area contributed by atoms with Gasteiger partial charge in [-0.2, -0.15) is 0 Å². The van der Waals surface area contributed by atoms with Crippen LogP contribution in [0.25, 0.3) is 11.6 Å². The summed E-state index contributed by atoms with van der Waals surface area (Å²) in [5, 5.41) is 8.49. The minimum absolute atomic E-state index is 0.0412. The zero-order valence-electron chi connectivity index (χ0n) is 13.0. The molecule has 0 aromatic carbocycles. The lowest BCUT2D eigenvalue weighted by Gasteiger charge is -2.35. The Morgan fingerprint density at radius 2 is 2.13 bits per heavy atom. The van der Waals surface area contributed by atoms with Crippen molar-refractivity contribution in [1.29, 1.82) is 0 Å².